The third-order valence-electron chi connectivity index (χ3n) is 3.01. The molecule has 0 atom stereocenters. The fourth-order valence-corrected chi connectivity index (χ4v) is 2.37. The maximum Gasteiger partial charge on any atom is 0.165 e. The molecule has 3 aromatic rings. The summed E-state index contributed by atoms with van der Waals surface area (Å²) >= 11 is 3.29. The van der Waals surface area contributed by atoms with Gasteiger partial charge in [-0.1, -0.05) is 28.1 Å². The molecule has 0 fully saturated rings. The van der Waals surface area contributed by atoms with E-state index >= 15 is 0 Å². The summed E-state index contributed by atoms with van der Waals surface area (Å²) in [5.41, 5.74) is 1.16. The number of aliphatic hydroxyl groups excluding tert-OH is 1. The summed E-state index contributed by atoms with van der Waals surface area (Å²) in [6.07, 6.45) is 0. The Bertz CT molecular complexity index is 807. The second-order valence-electron chi connectivity index (χ2n) is 4.46. The molecule has 0 unspecified atom stereocenters. The summed E-state index contributed by atoms with van der Waals surface area (Å²) < 4.78 is 20.2. The number of hydrogen-bond donors (Lipinski definition) is 1. The van der Waals surface area contributed by atoms with Crippen LogP contribution in [0.3, 0.4) is 0 Å². The van der Waals surface area contributed by atoms with Crippen molar-refractivity contribution in [1.82, 2.24) is 4.98 Å². The van der Waals surface area contributed by atoms with Crippen molar-refractivity contribution in [2.75, 3.05) is 0 Å². The Morgan fingerprint density at radius 1 is 1.10 bits per heavy atom. The molecule has 5 heteroatoms. The lowest BCUT2D eigenvalue weighted by molar-refractivity contribution is 0.276. The predicted octanol–water partition coefficient (Wildman–Crippen LogP) is 4.42. The van der Waals surface area contributed by atoms with Crippen molar-refractivity contribution >= 4 is 26.8 Å². The van der Waals surface area contributed by atoms with Crippen molar-refractivity contribution in [3.63, 3.8) is 0 Å². The molecule has 2 aromatic carbocycles. The van der Waals surface area contributed by atoms with Crippen LogP contribution < -0.4 is 4.74 Å². The number of nitrogens with zero attached hydrogens (tertiary/aromatic N) is 1. The van der Waals surface area contributed by atoms with E-state index in [9.17, 15) is 9.50 Å². The van der Waals surface area contributed by atoms with Gasteiger partial charge in [0.1, 0.15) is 5.75 Å². The molecule has 3 rings (SSSR count). The first-order valence-electron chi connectivity index (χ1n) is 6.30. The van der Waals surface area contributed by atoms with E-state index in [1.807, 2.05) is 24.3 Å². The maximum absolute atomic E-state index is 13.8. The van der Waals surface area contributed by atoms with E-state index in [1.54, 1.807) is 18.2 Å². The molecule has 0 saturated carbocycles. The Morgan fingerprint density at radius 3 is 2.71 bits per heavy atom. The summed E-state index contributed by atoms with van der Waals surface area (Å²) in [5, 5.41) is 10.0. The first-order chi connectivity index (χ1) is 10.2. The molecule has 1 N–H and O–H groups in total. The minimum Gasteiger partial charge on any atom is -0.453 e. The molecule has 106 valence electrons. The fourth-order valence-electron chi connectivity index (χ4n) is 2.03. The van der Waals surface area contributed by atoms with Crippen LogP contribution in [0.15, 0.2) is 53.0 Å². The molecule has 0 aliphatic rings. The van der Waals surface area contributed by atoms with Gasteiger partial charge in [-0.2, -0.15) is 0 Å². The van der Waals surface area contributed by atoms with Crippen LogP contribution >= 0.6 is 15.9 Å². The summed E-state index contributed by atoms with van der Waals surface area (Å²) in [6, 6.07) is 13.5. The number of hydrogen-bond acceptors (Lipinski definition) is 3. The lowest BCUT2D eigenvalue weighted by Crippen LogP contribution is -1.95. The van der Waals surface area contributed by atoms with Crippen molar-refractivity contribution in [3.8, 4) is 11.5 Å². The number of para-hydroxylation sites is 1. The summed E-state index contributed by atoms with van der Waals surface area (Å²) in [6.45, 7) is -0.206. The number of fused-ring (bicyclic) bond motifs is 1. The highest BCUT2D eigenvalue weighted by molar-refractivity contribution is 9.10. The van der Waals surface area contributed by atoms with Crippen molar-refractivity contribution in [1.29, 1.82) is 0 Å². The van der Waals surface area contributed by atoms with Crippen molar-refractivity contribution in [3.05, 3.63) is 64.5 Å². The maximum atomic E-state index is 13.8. The van der Waals surface area contributed by atoms with Gasteiger partial charge in [0.25, 0.3) is 0 Å². The number of ether oxygens (including phenoxy) is 1. The zero-order valence-electron chi connectivity index (χ0n) is 10.9. The molecule has 0 bridgehead atoms. The Kier molecular flexibility index (Phi) is 3.86. The molecule has 1 aromatic heterocycles. The van der Waals surface area contributed by atoms with Crippen LogP contribution in [0, 0.1) is 5.82 Å². The number of aliphatic hydroxyl groups is 1. The van der Waals surface area contributed by atoms with Crippen molar-refractivity contribution < 1.29 is 14.2 Å². The van der Waals surface area contributed by atoms with Gasteiger partial charge in [-0.25, -0.2) is 4.39 Å². The molecule has 0 radical (unpaired) electrons. The van der Waals surface area contributed by atoms with Crippen LogP contribution in [0.1, 0.15) is 5.69 Å². The smallest absolute Gasteiger partial charge is 0.165 e. The Balaban J connectivity index is 2.13. The molecule has 0 spiro atoms. The molecule has 0 saturated heterocycles. The van der Waals surface area contributed by atoms with Crippen LogP contribution in [0.4, 0.5) is 4.39 Å². The van der Waals surface area contributed by atoms with Gasteiger partial charge in [0, 0.05) is 15.9 Å². The first-order valence-corrected chi connectivity index (χ1v) is 7.09. The highest BCUT2D eigenvalue weighted by atomic mass is 79.9. The van der Waals surface area contributed by atoms with E-state index in [1.165, 1.54) is 6.07 Å². The molecule has 3 nitrogen and oxygen atoms in total. The average Bonchev–Trinajstić information content (AvgIpc) is 2.50. The molecular weight excluding hydrogens is 337 g/mol. The lowest BCUT2D eigenvalue weighted by atomic mass is 10.2. The van der Waals surface area contributed by atoms with E-state index in [4.69, 9.17) is 4.74 Å². The first kappa shape index (κ1) is 14.0. The number of aromatic nitrogens is 1. The predicted molar refractivity (Wildman–Crippen MR) is 81.8 cm³/mol. The second kappa shape index (κ2) is 5.79. The number of halogens is 2. The van der Waals surface area contributed by atoms with E-state index in [2.05, 4.69) is 20.9 Å². The monoisotopic (exact) mass is 347 g/mol. The van der Waals surface area contributed by atoms with Gasteiger partial charge >= 0.3 is 0 Å². The normalized spacial score (nSPS) is 10.8. The minimum absolute atomic E-state index is 0.115. The van der Waals surface area contributed by atoms with Gasteiger partial charge in [0.05, 0.1) is 17.8 Å². The quantitative estimate of drug-likeness (QED) is 0.762. The standard InChI is InChI=1S/C16H11BrFNO2/c17-10-5-6-13(18)16(7-10)21-15-8-11(9-20)19-14-4-2-1-3-12(14)15/h1-8,20H,9H2. The molecular formula is C16H11BrFNO2. The van der Waals surface area contributed by atoms with Crippen molar-refractivity contribution in [2.24, 2.45) is 0 Å². The van der Waals surface area contributed by atoms with Gasteiger partial charge in [-0.05, 0) is 30.3 Å². The molecule has 1 heterocycles. The molecule has 0 amide bonds. The van der Waals surface area contributed by atoms with Crippen LogP contribution in [0.5, 0.6) is 11.5 Å². The minimum atomic E-state index is -0.454. The SMILES string of the molecule is OCc1cc(Oc2cc(Br)ccc2F)c2ccccc2n1. The Hall–Kier alpha value is -1.98. The van der Waals surface area contributed by atoms with Crippen LogP contribution in [-0.2, 0) is 6.61 Å². The van der Waals surface area contributed by atoms with Gasteiger partial charge < -0.3 is 9.84 Å². The van der Waals surface area contributed by atoms with Gasteiger partial charge in [-0.3, -0.25) is 4.98 Å². The summed E-state index contributed by atoms with van der Waals surface area (Å²) in [7, 11) is 0. The third-order valence-corrected chi connectivity index (χ3v) is 3.50. The topological polar surface area (TPSA) is 42.4 Å². The molecule has 21 heavy (non-hydrogen) atoms. The third kappa shape index (κ3) is 2.89. The number of benzene rings is 2. The number of pyridine rings is 1. The zero-order chi connectivity index (χ0) is 14.8. The van der Waals surface area contributed by atoms with Crippen molar-refractivity contribution in [2.45, 2.75) is 6.61 Å². The largest absolute Gasteiger partial charge is 0.453 e. The highest BCUT2D eigenvalue weighted by Crippen LogP contribution is 2.32. The Morgan fingerprint density at radius 2 is 1.90 bits per heavy atom. The second-order valence-corrected chi connectivity index (χ2v) is 5.38. The van der Waals surface area contributed by atoms with Gasteiger partial charge in [0.2, 0.25) is 0 Å². The van der Waals surface area contributed by atoms with E-state index in [0.717, 1.165) is 9.86 Å². The van der Waals surface area contributed by atoms with Crippen LogP contribution in [0.25, 0.3) is 10.9 Å². The Labute approximate surface area is 129 Å². The number of rotatable bonds is 3. The van der Waals surface area contributed by atoms with Gasteiger partial charge in [-0.15, -0.1) is 0 Å². The fraction of sp³-hybridized carbons (Fsp3) is 0.0625. The lowest BCUT2D eigenvalue weighted by Gasteiger charge is -2.11. The summed E-state index contributed by atoms with van der Waals surface area (Å²) in [4.78, 5) is 4.30. The van der Waals surface area contributed by atoms with E-state index < -0.39 is 5.82 Å². The molecule has 0 aliphatic carbocycles. The summed E-state index contributed by atoms with van der Waals surface area (Å²) in [5.74, 6) is 0.121. The van der Waals surface area contributed by atoms with Crippen LogP contribution in [-0.4, -0.2) is 10.1 Å². The van der Waals surface area contributed by atoms with E-state index in [0.29, 0.717) is 17.0 Å². The average molecular weight is 348 g/mol. The van der Waals surface area contributed by atoms with Crippen LogP contribution in [0.2, 0.25) is 0 Å². The highest BCUT2D eigenvalue weighted by Gasteiger charge is 2.10. The zero-order valence-corrected chi connectivity index (χ0v) is 12.5. The molecule has 0 aliphatic heterocycles. The van der Waals surface area contributed by atoms with E-state index in [-0.39, 0.29) is 12.4 Å². The van der Waals surface area contributed by atoms with Gasteiger partial charge in [0.15, 0.2) is 11.6 Å².